The first-order valence-electron chi connectivity index (χ1n) is 7.90. The summed E-state index contributed by atoms with van der Waals surface area (Å²) in [6.07, 6.45) is 3.13. The fraction of sp³-hybridized carbons (Fsp3) is 0.529. The fourth-order valence-electron chi connectivity index (χ4n) is 3.02. The number of fused-ring (bicyclic) bond motifs is 2. The molecule has 1 aliphatic rings. The van der Waals surface area contributed by atoms with Crippen molar-refractivity contribution in [2.24, 2.45) is 5.92 Å². The van der Waals surface area contributed by atoms with E-state index in [-0.39, 0.29) is 5.56 Å². The van der Waals surface area contributed by atoms with Gasteiger partial charge in [0.1, 0.15) is 5.82 Å². The Labute approximate surface area is 127 Å². The highest BCUT2D eigenvalue weighted by Crippen LogP contribution is 2.19. The lowest BCUT2D eigenvalue weighted by Crippen LogP contribution is -2.37. The molecule has 3 rings (SSSR count). The number of rotatable bonds is 1. The molecular weight excluding hydrogens is 276 g/mol. The summed E-state index contributed by atoms with van der Waals surface area (Å²) in [6, 6.07) is 6.27. The third kappa shape index (κ3) is 2.69. The van der Waals surface area contributed by atoms with Crippen LogP contribution in [0.2, 0.25) is 19.6 Å². The van der Waals surface area contributed by atoms with Crippen LogP contribution in [0, 0.1) is 5.92 Å². The van der Waals surface area contributed by atoms with Gasteiger partial charge in [-0.2, -0.15) is 0 Å². The maximum Gasteiger partial charge on any atom is 0.261 e. The molecule has 0 saturated carbocycles. The highest BCUT2D eigenvalue weighted by Gasteiger charge is 2.20. The largest absolute Gasteiger partial charge is 0.296 e. The second-order valence-corrected chi connectivity index (χ2v) is 12.5. The van der Waals surface area contributed by atoms with Gasteiger partial charge in [0.15, 0.2) is 0 Å². The standard InChI is InChI=1S/C17H24N2OSi/c1-12-5-8-16-18-15-11-13(21(2,3)4)6-7-14(15)17(20)19(16)10-9-12/h6-7,11-12H,5,8-10H2,1-4H3. The minimum atomic E-state index is -1.37. The van der Waals surface area contributed by atoms with Crippen LogP contribution in [0.3, 0.4) is 0 Å². The first kappa shape index (κ1) is 14.5. The van der Waals surface area contributed by atoms with E-state index in [9.17, 15) is 4.79 Å². The molecule has 0 amide bonds. The highest BCUT2D eigenvalue weighted by molar-refractivity contribution is 6.88. The molecule has 0 N–H and O–H groups in total. The second kappa shape index (κ2) is 5.09. The number of aromatic nitrogens is 2. The molecule has 1 unspecified atom stereocenters. The van der Waals surface area contributed by atoms with Crippen molar-refractivity contribution in [1.29, 1.82) is 0 Å². The summed E-state index contributed by atoms with van der Waals surface area (Å²) in [5.74, 6) is 1.65. The van der Waals surface area contributed by atoms with Gasteiger partial charge in [-0.1, -0.05) is 37.8 Å². The van der Waals surface area contributed by atoms with Crippen LogP contribution in [0.4, 0.5) is 0 Å². The summed E-state index contributed by atoms with van der Waals surface area (Å²) in [5, 5.41) is 2.14. The van der Waals surface area contributed by atoms with Crippen LogP contribution in [0.5, 0.6) is 0 Å². The SMILES string of the molecule is CC1CCc2nc3cc([Si](C)(C)C)ccc3c(=O)n2CC1. The van der Waals surface area contributed by atoms with Gasteiger partial charge in [-0.05, 0) is 30.9 Å². The molecule has 4 heteroatoms. The molecule has 2 aromatic rings. The molecule has 1 aromatic heterocycles. The van der Waals surface area contributed by atoms with E-state index in [1.807, 2.05) is 10.6 Å². The predicted octanol–water partition coefficient (Wildman–Crippen LogP) is 2.91. The van der Waals surface area contributed by atoms with Crippen molar-refractivity contribution < 1.29 is 0 Å². The maximum atomic E-state index is 12.7. The van der Waals surface area contributed by atoms with Gasteiger partial charge in [-0.25, -0.2) is 4.98 Å². The van der Waals surface area contributed by atoms with Crippen molar-refractivity contribution in [3.63, 3.8) is 0 Å². The summed E-state index contributed by atoms with van der Waals surface area (Å²) < 4.78 is 1.90. The van der Waals surface area contributed by atoms with E-state index in [1.165, 1.54) is 5.19 Å². The molecular formula is C17H24N2OSi. The highest BCUT2D eigenvalue weighted by atomic mass is 28.3. The maximum absolute atomic E-state index is 12.7. The van der Waals surface area contributed by atoms with Gasteiger partial charge in [-0.15, -0.1) is 0 Å². The molecule has 0 bridgehead atoms. The number of hydrogen-bond acceptors (Lipinski definition) is 2. The topological polar surface area (TPSA) is 34.9 Å². The summed E-state index contributed by atoms with van der Waals surface area (Å²) >= 11 is 0. The second-order valence-electron chi connectivity index (χ2n) is 7.40. The number of nitrogens with zero attached hydrogens (tertiary/aromatic N) is 2. The average molecular weight is 300 g/mol. The number of benzene rings is 1. The van der Waals surface area contributed by atoms with Gasteiger partial charge < -0.3 is 0 Å². The summed E-state index contributed by atoms with van der Waals surface area (Å²) in [7, 11) is -1.37. The molecule has 0 radical (unpaired) electrons. The Morgan fingerprint density at radius 2 is 2.00 bits per heavy atom. The summed E-state index contributed by atoms with van der Waals surface area (Å²) in [5.41, 5.74) is 1.03. The van der Waals surface area contributed by atoms with Gasteiger partial charge in [0.05, 0.1) is 19.0 Å². The lowest BCUT2D eigenvalue weighted by molar-refractivity contribution is 0.484. The van der Waals surface area contributed by atoms with E-state index in [2.05, 4.69) is 38.7 Å². The Morgan fingerprint density at radius 3 is 2.71 bits per heavy atom. The molecule has 1 atom stereocenters. The zero-order chi connectivity index (χ0) is 15.2. The fourth-order valence-corrected chi connectivity index (χ4v) is 4.18. The minimum Gasteiger partial charge on any atom is -0.296 e. The van der Waals surface area contributed by atoms with Crippen LogP contribution in [-0.2, 0) is 13.0 Å². The Bertz CT molecular complexity index is 743. The predicted molar refractivity (Wildman–Crippen MR) is 91.1 cm³/mol. The van der Waals surface area contributed by atoms with Crippen LogP contribution in [0.25, 0.3) is 10.9 Å². The van der Waals surface area contributed by atoms with Crippen molar-refractivity contribution >= 4 is 24.2 Å². The molecule has 1 aromatic carbocycles. The minimum absolute atomic E-state index is 0.145. The first-order valence-corrected chi connectivity index (χ1v) is 11.4. The normalized spacial score (nSPS) is 19.3. The quantitative estimate of drug-likeness (QED) is 0.759. The summed E-state index contributed by atoms with van der Waals surface area (Å²) in [6.45, 7) is 10.1. The Kier molecular flexibility index (Phi) is 3.52. The molecule has 0 aliphatic carbocycles. The lowest BCUT2D eigenvalue weighted by atomic mass is 10.0. The Balaban J connectivity index is 2.20. The molecule has 21 heavy (non-hydrogen) atoms. The van der Waals surface area contributed by atoms with Crippen LogP contribution < -0.4 is 10.7 Å². The van der Waals surface area contributed by atoms with Gasteiger partial charge in [0.25, 0.3) is 5.56 Å². The molecule has 0 fully saturated rings. The van der Waals surface area contributed by atoms with Crippen molar-refractivity contribution in [3.05, 3.63) is 34.4 Å². The third-order valence-electron chi connectivity index (χ3n) is 4.61. The van der Waals surface area contributed by atoms with E-state index < -0.39 is 8.07 Å². The smallest absolute Gasteiger partial charge is 0.261 e. The van der Waals surface area contributed by atoms with E-state index in [1.54, 1.807) is 0 Å². The van der Waals surface area contributed by atoms with Gasteiger partial charge in [0.2, 0.25) is 0 Å². The van der Waals surface area contributed by atoms with Crippen molar-refractivity contribution in [3.8, 4) is 0 Å². The summed E-state index contributed by atoms with van der Waals surface area (Å²) in [4.78, 5) is 17.6. The zero-order valence-electron chi connectivity index (χ0n) is 13.4. The number of hydrogen-bond donors (Lipinski definition) is 0. The van der Waals surface area contributed by atoms with Crippen molar-refractivity contribution in [2.45, 2.75) is 52.4 Å². The van der Waals surface area contributed by atoms with Crippen LogP contribution >= 0.6 is 0 Å². The molecule has 0 spiro atoms. The third-order valence-corrected chi connectivity index (χ3v) is 6.65. The van der Waals surface area contributed by atoms with E-state index in [4.69, 9.17) is 4.98 Å². The molecule has 2 heterocycles. The van der Waals surface area contributed by atoms with E-state index >= 15 is 0 Å². The lowest BCUT2D eigenvalue weighted by Gasteiger charge is -2.17. The van der Waals surface area contributed by atoms with Crippen LogP contribution in [0.15, 0.2) is 23.0 Å². The first-order chi connectivity index (χ1) is 9.86. The molecule has 112 valence electrons. The van der Waals surface area contributed by atoms with Crippen LogP contribution in [0.1, 0.15) is 25.6 Å². The van der Waals surface area contributed by atoms with E-state index in [0.29, 0.717) is 5.92 Å². The van der Waals surface area contributed by atoms with Crippen molar-refractivity contribution in [2.75, 3.05) is 0 Å². The Hall–Kier alpha value is -1.42. The van der Waals surface area contributed by atoms with Gasteiger partial charge in [-0.3, -0.25) is 9.36 Å². The molecule has 0 saturated heterocycles. The molecule has 1 aliphatic heterocycles. The van der Waals surface area contributed by atoms with Gasteiger partial charge >= 0.3 is 0 Å². The van der Waals surface area contributed by atoms with Crippen LogP contribution in [-0.4, -0.2) is 17.6 Å². The average Bonchev–Trinajstić information content (AvgIpc) is 2.60. The zero-order valence-corrected chi connectivity index (χ0v) is 14.4. The van der Waals surface area contributed by atoms with Crippen molar-refractivity contribution in [1.82, 2.24) is 9.55 Å². The van der Waals surface area contributed by atoms with E-state index in [0.717, 1.165) is 42.5 Å². The Morgan fingerprint density at radius 1 is 1.24 bits per heavy atom. The monoisotopic (exact) mass is 300 g/mol. The molecule has 3 nitrogen and oxygen atoms in total. The van der Waals surface area contributed by atoms with Gasteiger partial charge in [0, 0.05) is 13.0 Å². The number of aryl methyl sites for hydroxylation is 1.